The summed E-state index contributed by atoms with van der Waals surface area (Å²) >= 11 is 0.393. The van der Waals surface area contributed by atoms with Gasteiger partial charge in [0, 0.05) is 0 Å². The Bertz CT molecular complexity index is 593. The fourth-order valence-electron chi connectivity index (χ4n) is 2.22. The molecule has 0 amide bonds. The van der Waals surface area contributed by atoms with E-state index in [1.807, 2.05) is 0 Å². The zero-order valence-corrected chi connectivity index (χ0v) is 12.9. The summed E-state index contributed by atoms with van der Waals surface area (Å²) in [5.41, 5.74) is 2.81. The normalized spacial score (nSPS) is 10.7. The van der Waals surface area contributed by atoms with E-state index in [-0.39, 0.29) is 0 Å². The first-order valence-corrected chi connectivity index (χ1v) is 8.59. The molecule has 0 spiro atoms. The van der Waals surface area contributed by atoms with Crippen LogP contribution < -0.4 is 4.46 Å². The number of benzene rings is 3. The molecule has 1 heteroatoms. The zero-order valence-electron chi connectivity index (χ0n) is 11.1. The van der Waals surface area contributed by atoms with E-state index in [0.717, 1.165) is 0 Å². The molecular formula is C19H16Se. The topological polar surface area (TPSA) is 0 Å². The van der Waals surface area contributed by atoms with Crippen molar-refractivity contribution < 1.29 is 0 Å². The molecule has 0 fully saturated rings. The van der Waals surface area contributed by atoms with Gasteiger partial charge in [-0.2, -0.15) is 0 Å². The fraction of sp³-hybridized carbons (Fsp3) is 0.0526. The molecule has 0 atom stereocenters. The van der Waals surface area contributed by atoms with E-state index < -0.39 is 0 Å². The molecule has 0 unspecified atom stereocenters. The van der Waals surface area contributed by atoms with Gasteiger partial charge in [-0.25, -0.2) is 0 Å². The molecule has 98 valence electrons. The third-order valence-corrected chi connectivity index (χ3v) is 5.98. The van der Waals surface area contributed by atoms with Gasteiger partial charge in [0.15, 0.2) is 0 Å². The Hall–Kier alpha value is -1.82. The molecule has 20 heavy (non-hydrogen) atoms. The second-order valence-corrected chi connectivity index (χ2v) is 7.10. The van der Waals surface area contributed by atoms with Crippen molar-refractivity contribution in [3.63, 3.8) is 0 Å². The van der Waals surface area contributed by atoms with Gasteiger partial charge in [0.2, 0.25) is 0 Å². The maximum absolute atomic E-state index is 2.24. The van der Waals surface area contributed by atoms with Crippen LogP contribution in [0, 0.1) is 0 Å². The summed E-state index contributed by atoms with van der Waals surface area (Å²) in [5.74, 6) is 0. The number of rotatable bonds is 4. The van der Waals surface area contributed by atoms with Crippen LogP contribution in [0.1, 0.15) is 15.9 Å². The van der Waals surface area contributed by atoms with E-state index in [1.165, 1.54) is 15.6 Å². The van der Waals surface area contributed by atoms with Crippen LogP contribution in [-0.2, 0) is 0 Å². The second kappa shape index (κ2) is 6.56. The van der Waals surface area contributed by atoms with Crippen molar-refractivity contribution in [3.05, 3.63) is 102 Å². The summed E-state index contributed by atoms with van der Waals surface area (Å²) in [6, 6.07) is 32.5. The standard InChI is InChI=1S/C19H16Se/c1-4-10-16(11-5-1)19(17-12-6-2-7-13-17)20-18-14-8-3-9-15-18/h1-15,19H. The predicted octanol–water partition coefficient (Wildman–Crippen LogP) is 3.81. The van der Waals surface area contributed by atoms with Gasteiger partial charge in [-0.1, -0.05) is 0 Å². The molecule has 0 radical (unpaired) electrons. The first-order valence-electron chi connectivity index (χ1n) is 6.75. The van der Waals surface area contributed by atoms with Gasteiger partial charge in [-0.05, 0) is 0 Å². The molecule has 0 aliphatic heterocycles. The maximum atomic E-state index is 2.24. The molecule has 0 N–H and O–H groups in total. The molecule has 0 saturated heterocycles. The summed E-state index contributed by atoms with van der Waals surface area (Å²) in [5, 5.41) is 0. The van der Waals surface area contributed by atoms with Crippen molar-refractivity contribution in [3.8, 4) is 0 Å². The molecule has 0 bridgehead atoms. The molecule has 0 heterocycles. The molecule has 3 aromatic rings. The van der Waals surface area contributed by atoms with Gasteiger partial charge >= 0.3 is 126 Å². The van der Waals surface area contributed by atoms with Crippen LogP contribution in [0.15, 0.2) is 91.0 Å². The summed E-state index contributed by atoms with van der Waals surface area (Å²) < 4.78 is 1.44. The quantitative estimate of drug-likeness (QED) is 0.641. The van der Waals surface area contributed by atoms with Crippen LogP contribution in [0.3, 0.4) is 0 Å². The third-order valence-electron chi connectivity index (χ3n) is 3.20. The number of hydrogen-bond acceptors (Lipinski definition) is 0. The summed E-state index contributed by atoms with van der Waals surface area (Å²) in [6.07, 6.45) is 0. The van der Waals surface area contributed by atoms with Crippen LogP contribution >= 0.6 is 0 Å². The minimum absolute atomic E-state index is 0.393. The fourth-order valence-corrected chi connectivity index (χ4v) is 4.68. The molecule has 0 saturated carbocycles. The Labute approximate surface area is 126 Å². The van der Waals surface area contributed by atoms with Crippen molar-refractivity contribution in [1.82, 2.24) is 0 Å². The Morgan fingerprint density at radius 3 is 1.35 bits per heavy atom. The van der Waals surface area contributed by atoms with E-state index in [4.69, 9.17) is 0 Å². The molecule has 0 aliphatic carbocycles. The first-order chi connectivity index (χ1) is 9.93. The van der Waals surface area contributed by atoms with Crippen molar-refractivity contribution >= 4 is 19.4 Å². The van der Waals surface area contributed by atoms with Gasteiger partial charge in [-0.3, -0.25) is 0 Å². The van der Waals surface area contributed by atoms with Gasteiger partial charge in [0.1, 0.15) is 0 Å². The Kier molecular flexibility index (Phi) is 4.32. The molecule has 0 aliphatic rings. The van der Waals surface area contributed by atoms with E-state index in [0.29, 0.717) is 19.8 Å². The van der Waals surface area contributed by atoms with E-state index >= 15 is 0 Å². The van der Waals surface area contributed by atoms with Crippen molar-refractivity contribution in [2.75, 3.05) is 0 Å². The van der Waals surface area contributed by atoms with Gasteiger partial charge in [0.05, 0.1) is 0 Å². The van der Waals surface area contributed by atoms with Crippen LogP contribution in [0.4, 0.5) is 0 Å². The van der Waals surface area contributed by atoms with Gasteiger partial charge < -0.3 is 0 Å². The van der Waals surface area contributed by atoms with E-state index in [2.05, 4.69) is 91.0 Å². The molecule has 3 aromatic carbocycles. The van der Waals surface area contributed by atoms with E-state index in [1.54, 1.807) is 0 Å². The van der Waals surface area contributed by atoms with Crippen LogP contribution in [0.5, 0.6) is 0 Å². The third kappa shape index (κ3) is 3.19. The van der Waals surface area contributed by atoms with Crippen molar-refractivity contribution in [2.45, 2.75) is 4.82 Å². The van der Waals surface area contributed by atoms with Crippen molar-refractivity contribution in [2.24, 2.45) is 0 Å². The Morgan fingerprint density at radius 1 is 0.500 bits per heavy atom. The Morgan fingerprint density at radius 2 is 0.900 bits per heavy atom. The first kappa shape index (κ1) is 13.2. The zero-order chi connectivity index (χ0) is 13.6. The average Bonchev–Trinajstić information content (AvgIpc) is 2.55. The number of hydrogen-bond donors (Lipinski definition) is 0. The summed E-state index contributed by atoms with van der Waals surface area (Å²) in [6.45, 7) is 0. The predicted molar refractivity (Wildman–Crippen MR) is 86.6 cm³/mol. The van der Waals surface area contributed by atoms with Gasteiger partial charge in [-0.15, -0.1) is 0 Å². The van der Waals surface area contributed by atoms with Crippen LogP contribution in [0.25, 0.3) is 0 Å². The van der Waals surface area contributed by atoms with Gasteiger partial charge in [0.25, 0.3) is 0 Å². The monoisotopic (exact) mass is 324 g/mol. The minimum atomic E-state index is 0.393. The van der Waals surface area contributed by atoms with Crippen LogP contribution in [-0.4, -0.2) is 15.0 Å². The molecular weight excluding hydrogens is 307 g/mol. The summed E-state index contributed by atoms with van der Waals surface area (Å²) in [7, 11) is 0. The van der Waals surface area contributed by atoms with Crippen molar-refractivity contribution in [1.29, 1.82) is 0 Å². The van der Waals surface area contributed by atoms with Crippen LogP contribution in [0.2, 0.25) is 0 Å². The Balaban J connectivity index is 1.96. The molecule has 0 nitrogen and oxygen atoms in total. The van der Waals surface area contributed by atoms with E-state index in [9.17, 15) is 0 Å². The second-order valence-electron chi connectivity index (χ2n) is 4.63. The SMILES string of the molecule is c1ccc([Se]C(c2ccccc2)c2ccccc2)cc1. The average molecular weight is 323 g/mol. The molecule has 0 aromatic heterocycles. The summed E-state index contributed by atoms with van der Waals surface area (Å²) in [4.78, 5) is 0.479. The molecule has 3 rings (SSSR count).